The minimum atomic E-state index is 0. The molecule has 0 saturated carbocycles. The molecule has 188 valence electrons. The summed E-state index contributed by atoms with van der Waals surface area (Å²) in [6.07, 6.45) is 0. The number of hydrogen-bond donors (Lipinski definition) is 0. The molecular weight excluding hydrogens is 491 g/mol. The van der Waals surface area contributed by atoms with Crippen LogP contribution in [0.5, 0.6) is 11.5 Å². The number of halogens is 2. The lowest BCUT2D eigenvalue weighted by atomic mass is 10.1. The second kappa shape index (κ2) is 12.6. The molecule has 1 aromatic heterocycles. The molecule has 0 aliphatic carbocycles. The first-order chi connectivity index (χ1) is 15.7. The van der Waals surface area contributed by atoms with Crippen LogP contribution < -0.4 is 14.4 Å². The van der Waals surface area contributed by atoms with Gasteiger partial charge in [0.15, 0.2) is 6.61 Å². The van der Waals surface area contributed by atoms with Gasteiger partial charge in [-0.25, -0.2) is 0 Å². The van der Waals surface area contributed by atoms with Crippen LogP contribution in [0.1, 0.15) is 5.82 Å². The van der Waals surface area contributed by atoms with Crippen molar-refractivity contribution in [2.24, 2.45) is 0 Å². The van der Waals surface area contributed by atoms with Gasteiger partial charge in [-0.3, -0.25) is 0 Å². The number of ether oxygens (including phenoxy) is 2. The predicted octanol–water partition coefficient (Wildman–Crippen LogP) is 4.25. The summed E-state index contributed by atoms with van der Waals surface area (Å²) in [6.45, 7) is 4.41. The molecule has 0 bridgehead atoms. The molecule has 1 aliphatic rings. The molecular formula is C25H30Cl2N4O4. The number of hydrogen-bond acceptors (Lipinski definition) is 7. The summed E-state index contributed by atoms with van der Waals surface area (Å²) in [6, 6.07) is 20.2. The third-order valence-electron chi connectivity index (χ3n) is 5.85. The quantitative estimate of drug-likeness (QED) is 0.374. The Bertz CT molecular complexity index is 1230. The average molecular weight is 521 g/mol. The topological polar surface area (TPSA) is 95.4 Å². The Morgan fingerprint density at radius 2 is 1.71 bits per heavy atom. The maximum atomic E-state index is 6.02. The van der Waals surface area contributed by atoms with Gasteiger partial charge in [0.2, 0.25) is 5.82 Å². The molecule has 3 aromatic carbocycles. The Hall–Kier alpha value is -3.04. The first-order valence-electron chi connectivity index (χ1n) is 10.8. The third kappa shape index (κ3) is 6.15. The van der Waals surface area contributed by atoms with Gasteiger partial charge in [-0.1, -0.05) is 35.5 Å². The molecule has 0 amide bonds. The highest BCUT2D eigenvalue weighted by Crippen LogP contribution is 2.31. The van der Waals surface area contributed by atoms with Crippen LogP contribution >= 0.6 is 24.8 Å². The summed E-state index contributed by atoms with van der Waals surface area (Å²) in [5, 5.41) is 6.46. The van der Waals surface area contributed by atoms with E-state index in [0.29, 0.717) is 17.5 Å². The van der Waals surface area contributed by atoms with Crippen LogP contribution in [-0.2, 0) is 6.61 Å². The zero-order chi connectivity index (χ0) is 21.9. The fourth-order valence-corrected chi connectivity index (χ4v) is 4.04. The number of anilines is 1. The molecule has 0 atom stereocenters. The number of para-hydroxylation sites is 1. The summed E-state index contributed by atoms with van der Waals surface area (Å²) in [5.41, 5.74) is 2.01. The van der Waals surface area contributed by atoms with E-state index in [-0.39, 0.29) is 36.9 Å². The van der Waals surface area contributed by atoms with Crippen molar-refractivity contribution >= 4 is 41.3 Å². The molecule has 2 heterocycles. The molecule has 0 radical (unpaired) electrons. The van der Waals surface area contributed by atoms with Crippen molar-refractivity contribution in [1.82, 2.24) is 15.0 Å². The molecule has 1 saturated heterocycles. The summed E-state index contributed by atoms with van der Waals surface area (Å²) in [4.78, 5) is 9.28. The molecule has 2 N–H and O–H groups in total. The van der Waals surface area contributed by atoms with Crippen LogP contribution in [0, 0.1) is 0 Å². The SMILES string of the molecule is COc1ccccc1-c1nc(COc2ccc3cccc(N4CCN(C)CC4)c3c2)no1.Cl.Cl.O. The van der Waals surface area contributed by atoms with E-state index in [1.807, 2.05) is 30.3 Å². The van der Waals surface area contributed by atoms with Gasteiger partial charge in [0, 0.05) is 37.3 Å². The number of fused-ring (bicyclic) bond motifs is 1. The van der Waals surface area contributed by atoms with Crippen LogP contribution in [0.2, 0.25) is 0 Å². The van der Waals surface area contributed by atoms with Gasteiger partial charge >= 0.3 is 0 Å². The highest BCUT2D eigenvalue weighted by Gasteiger charge is 2.17. The lowest BCUT2D eigenvalue weighted by Crippen LogP contribution is -2.44. The van der Waals surface area contributed by atoms with E-state index < -0.39 is 0 Å². The fraction of sp³-hybridized carbons (Fsp3) is 0.280. The second-order valence-electron chi connectivity index (χ2n) is 7.96. The van der Waals surface area contributed by atoms with E-state index >= 15 is 0 Å². The van der Waals surface area contributed by atoms with Gasteiger partial charge in [0.05, 0.1) is 12.7 Å². The summed E-state index contributed by atoms with van der Waals surface area (Å²) in [5.74, 6) is 2.37. The fourth-order valence-electron chi connectivity index (χ4n) is 4.04. The van der Waals surface area contributed by atoms with E-state index in [2.05, 4.69) is 57.3 Å². The Balaban J connectivity index is 0.00000144. The van der Waals surface area contributed by atoms with Gasteiger partial charge in [0.25, 0.3) is 5.89 Å². The zero-order valence-corrected chi connectivity index (χ0v) is 21.3. The van der Waals surface area contributed by atoms with Crippen LogP contribution in [0.15, 0.2) is 65.2 Å². The van der Waals surface area contributed by atoms with Crippen LogP contribution in [0.4, 0.5) is 5.69 Å². The molecule has 4 aromatic rings. The number of nitrogens with zero attached hydrogens (tertiary/aromatic N) is 4. The number of benzene rings is 3. The summed E-state index contributed by atoms with van der Waals surface area (Å²) < 4.78 is 16.8. The standard InChI is InChI=1S/C25H26N4O3.2ClH.H2O/c1-28-12-14-29(15-13-28)22-8-5-6-18-10-11-19(16-21(18)22)31-17-24-26-25(32-27-24)20-7-3-4-9-23(20)30-2;;;/h3-11,16H,12-15,17H2,1-2H3;2*1H;1H2. The molecule has 1 fully saturated rings. The van der Waals surface area contributed by atoms with Gasteiger partial charge in [-0.05, 0) is 42.8 Å². The number of likely N-dealkylation sites (N-methyl/N-ethyl adjacent to an activating group) is 1. The second-order valence-corrected chi connectivity index (χ2v) is 7.96. The first kappa shape index (κ1) is 28.2. The Labute approximate surface area is 216 Å². The first-order valence-corrected chi connectivity index (χ1v) is 10.8. The zero-order valence-electron chi connectivity index (χ0n) is 19.6. The molecule has 0 spiro atoms. The maximum absolute atomic E-state index is 6.02. The van der Waals surface area contributed by atoms with Gasteiger partial charge in [-0.15, -0.1) is 24.8 Å². The van der Waals surface area contributed by atoms with Crippen molar-refractivity contribution in [3.63, 3.8) is 0 Å². The van der Waals surface area contributed by atoms with Crippen molar-refractivity contribution in [3.05, 3.63) is 66.5 Å². The number of methoxy groups -OCH3 is 1. The number of piperazine rings is 1. The summed E-state index contributed by atoms with van der Waals surface area (Å²) in [7, 11) is 3.79. The highest BCUT2D eigenvalue weighted by molar-refractivity contribution is 5.95. The van der Waals surface area contributed by atoms with E-state index in [1.54, 1.807) is 7.11 Å². The number of rotatable bonds is 6. The Morgan fingerprint density at radius 3 is 2.49 bits per heavy atom. The lowest BCUT2D eigenvalue weighted by Gasteiger charge is -2.34. The van der Waals surface area contributed by atoms with Crippen LogP contribution in [-0.4, -0.2) is 60.9 Å². The molecule has 1 aliphatic heterocycles. The molecule has 0 unspecified atom stereocenters. The van der Waals surface area contributed by atoms with E-state index in [9.17, 15) is 0 Å². The van der Waals surface area contributed by atoms with Crippen molar-refractivity contribution < 1.29 is 19.5 Å². The van der Waals surface area contributed by atoms with E-state index in [4.69, 9.17) is 14.0 Å². The van der Waals surface area contributed by atoms with Crippen LogP contribution in [0.3, 0.4) is 0 Å². The van der Waals surface area contributed by atoms with Gasteiger partial charge in [0.1, 0.15) is 11.5 Å². The largest absolute Gasteiger partial charge is 0.496 e. The van der Waals surface area contributed by atoms with E-state index in [1.165, 1.54) is 16.5 Å². The Kier molecular flexibility index (Phi) is 10.2. The van der Waals surface area contributed by atoms with Crippen molar-refractivity contribution in [3.8, 4) is 23.0 Å². The minimum Gasteiger partial charge on any atom is -0.496 e. The highest BCUT2D eigenvalue weighted by atomic mass is 35.5. The van der Waals surface area contributed by atoms with E-state index in [0.717, 1.165) is 37.5 Å². The molecule has 35 heavy (non-hydrogen) atoms. The lowest BCUT2D eigenvalue weighted by molar-refractivity contribution is 0.287. The van der Waals surface area contributed by atoms with Crippen molar-refractivity contribution in [2.75, 3.05) is 45.2 Å². The maximum Gasteiger partial charge on any atom is 0.261 e. The normalized spacial score (nSPS) is 13.4. The van der Waals surface area contributed by atoms with Crippen molar-refractivity contribution in [2.45, 2.75) is 6.61 Å². The molecule has 8 nitrogen and oxygen atoms in total. The monoisotopic (exact) mass is 520 g/mol. The van der Waals surface area contributed by atoms with Crippen LogP contribution in [0.25, 0.3) is 22.2 Å². The van der Waals surface area contributed by atoms with Crippen molar-refractivity contribution in [1.29, 1.82) is 0 Å². The third-order valence-corrected chi connectivity index (χ3v) is 5.85. The van der Waals surface area contributed by atoms with Gasteiger partial charge < -0.3 is 29.3 Å². The minimum absolute atomic E-state index is 0. The molecule has 5 rings (SSSR count). The predicted molar refractivity (Wildman–Crippen MR) is 142 cm³/mol. The van der Waals surface area contributed by atoms with Gasteiger partial charge in [-0.2, -0.15) is 4.98 Å². The average Bonchev–Trinajstić information content (AvgIpc) is 3.32. The smallest absolute Gasteiger partial charge is 0.261 e. The Morgan fingerprint density at radius 1 is 0.943 bits per heavy atom. The molecule has 10 heteroatoms. The number of aromatic nitrogens is 2. The summed E-state index contributed by atoms with van der Waals surface area (Å²) >= 11 is 0.